The molecule has 0 amide bonds. The summed E-state index contributed by atoms with van der Waals surface area (Å²) in [6.07, 6.45) is 0. The summed E-state index contributed by atoms with van der Waals surface area (Å²) in [5.41, 5.74) is 2.06. The average Bonchev–Trinajstić information content (AvgIpc) is 2.89. The molecule has 0 spiro atoms. The molecule has 3 rings (SSSR count). The molecule has 0 bridgehead atoms. The first-order valence-corrected chi connectivity index (χ1v) is 6.56. The number of rotatable bonds is 3. The minimum absolute atomic E-state index is 0.211. The number of carbonyl (C=O) groups is 1. The Hall–Kier alpha value is -2.62. The second-order valence-corrected chi connectivity index (χ2v) is 5.06. The highest BCUT2D eigenvalue weighted by Crippen LogP contribution is 2.23. The molecule has 0 radical (unpaired) electrons. The Morgan fingerprint density at radius 3 is 2.43 bits per heavy atom. The lowest BCUT2D eigenvalue weighted by Gasteiger charge is -2.12. The fourth-order valence-corrected chi connectivity index (χ4v) is 2.18. The zero-order valence-corrected chi connectivity index (χ0v) is 11.8. The summed E-state index contributed by atoms with van der Waals surface area (Å²) in [6.45, 7) is 0. The standard InChI is InChI=1S/C17H14FNO2/c1-19(2)14-6-3-11(4-7-14)17(20)16-10-12-9-13(18)5-8-15(12)21-16/h3-10H,1-2H3. The van der Waals surface area contributed by atoms with Gasteiger partial charge >= 0.3 is 0 Å². The first-order chi connectivity index (χ1) is 10.0. The van der Waals surface area contributed by atoms with Crippen molar-refractivity contribution in [1.82, 2.24) is 0 Å². The summed E-state index contributed by atoms with van der Waals surface area (Å²) < 4.78 is 18.6. The fourth-order valence-electron chi connectivity index (χ4n) is 2.18. The van der Waals surface area contributed by atoms with Gasteiger partial charge in [0.1, 0.15) is 11.4 Å². The number of fused-ring (bicyclic) bond motifs is 1. The van der Waals surface area contributed by atoms with Crippen LogP contribution in [0.1, 0.15) is 16.1 Å². The van der Waals surface area contributed by atoms with Gasteiger partial charge in [-0.15, -0.1) is 0 Å². The Labute approximate surface area is 121 Å². The Bertz CT molecular complexity index is 803. The van der Waals surface area contributed by atoms with E-state index in [4.69, 9.17) is 4.42 Å². The summed E-state index contributed by atoms with van der Waals surface area (Å²) in [5.74, 6) is -0.345. The molecule has 0 saturated heterocycles. The van der Waals surface area contributed by atoms with E-state index >= 15 is 0 Å². The quantitative estimate of drug-likeness (QED) is 0.684. The molecule has 0 unspecified atom stereocenters. The van der Waals surface area contributed by atoms with E-state index in [2.05, 4.69) is 0 Å². The van der Waals surface area contributed by atoms with Crippen molar-refractivity contribution in [2.24, 2.45) is 0 Å². The Balaban J connectivity index is 1.95. The molecular weight excluding hydrogens is 269 g/mol. The van der Waals surface area contributed by atoms with E-state index in [-0.39, 0.29) is 17.4 Å². The molecule has 4 heteroatoms. The Morgan fingerprint density at radius 2 is 1.76 bits per heavy atom. The lowest BCUT2D eigenvalue weighted by atomic mass is 10.1. The second kappa shape index (κ2) is 5.05. The van der Waals surface area contributed by atoms with Crippen LogP contribution < -0.4 is 4.90 Å². The zero-order valence-electron chi connectivity index (χ0n) is 11.8. The molecule has 3 aromatic rings. The number of furan rings is 1. The number of halogens is 1. The van der Waals surface area contributed by atoms with Crippen molar-refractivity contribution in [1.29, 1.82) is 0 Å². The lowest BCUT2D eigenvalue weighted by molar-refractivity contribution is 0.101. The maximum Gasteiger partial charge on any atom is 0.228 e. The van der Waals surface area contributed by atoms with Gasteiger partial charge in [-0.25, -0.2) is 4.39 Å². The van der Waals surface area contributed by atoms with Crippen LogP contribution in [0.5, 0.6) is 0 Å². The maximum atomic E-state index is 13.2. The third-order valence-corrected chi connectivity index (χ3v) is 3.35. The van der Waals surface area contributed by atoms with Gasteiger partial charge in [-0.3, -0.25) is 4.79 Å². The normalized spacial score (nSPS) is 10.8. The van der Waals surface area contributed by atoms with Gasteiger partial charge in [0, 0.05) is 30.7 Å². The number of hydrogen-bond acceptors (Lipinski definition) is 3. The number of ketones is 1. The lowest BCUT2D eigenvalue weighted by Crippen LogP contribution is -2.08. The molecule has 0 aliphatic rings. The number of nitrogens with zero attached hydrogens (tertiary/aromatic N) is 1. The third-order valence-electron chi connectivity index (χ3n) is 3.35. The molecular formula is C17H14FNO2. The summed E-state index contributed by atoms with van der Waals surface area (Å²) in [4.78, 5) is 14.3. The Kier molecular flexibility index (Phi) is 3.22. The topological polar surface area (TPSA) is 33.5 Å². The predicted octanol–water partition coefficient (Wildman–Crippen LogP) is 3.87. The van der Waals surface area contributed by atoms with E-state index in [0.29, 0.717) is 16.5 Å². The molecule has 0 aliphatic carbocycles. The van der Waals surface area contributed by atoms with Crippen molar-refractivity contribution in [3.8, 4) is 0 Å². The molecule has 0 atom stereocenters. The molecule has 0 fully saturated rings. The Morgan fingerprint density at radius 1 is 1.05 bits per heavy atom. The van der Waals surface area contributed by atoms with E-state index in [1.165, 1.54) is 18.2 Å². The first-order valence-electron chi connectivity index (χ1n) is 6.56. The van der Waals surface area contributed by atoms with Crippen molar-refractivity contribution in [3.05, 3.63) is 65.7 Å². The van der Waals surface area contributed by atoms with Gasteiger partial charge in [0.15, 0.2) is 5.76 Å². The minimum atomic E-state index is -0.349. The van der Waals surface area contributed by atoms with Crippen LogP contribution in [0, 0.1) is 5.82 Å². The van der Waals surface area contributed by atoms with Gasteiger partial charge in [0.25, 0.3) is 0 Å². The van der Waals surface area contributed by atoms with E-state index in [1.54, 1.807) is 18.2 Å². The number of anilines is 1. The van der Waals surface area contributed by atoms with E-state index < -0.39 is 0 Å². The van der Waals surface area contributed by atoms with Crippen molar-refractivity contribution >= 4 is 22.4 Å². The average molecular weight is 283 g/mol. The third kappa shape index (κ3) is 2.52. The molecule has 2 aromatic carbocycles. The summed E-state index contributed by atoms with van der Waals surface area (Å²) >= 11 is 0. The molecule has 1 heterocycles. The molecule has 21 heavy (non-hydrogen) atoms. The summed E-state index contributed by atoms with van der Waals surface area (Å²) in [5, 5.41) is 0.586. The van der Waals surface area contributed by atoms with Crippen LogP contribution in [0.25, 0.3) is 11.0 Å². The van der Waals surface area contributed by atoms with Crippen LogP contribution in [0.2, 0.25) is 0 Å². The summed E-state index contributed by atoms with van der Waals surface area (Å²) in [6, 6.07) is 13.0. The highest BCUT2D eigenvalue weighted by molar-refractivity contribution is 6.09. The van der Waals surface area contributed by atoms with Crippen LogP contribution >= 0.6 is 0 Å². The van der Waals surface area contributed by atoms with Crippen molar-refractivity contribution in [3.63, 3.8) is 0 Å². The van der Waals surface area contributed by atoms with E-state index in [1.807, 2.05) is 31.1 Å². The van der Waals surface area contributed by atoms with Crippen molar-refractivity contribution in [2.45, 2.75) is 0 Å². The fraction of sp³-hybridized carbons (Fsp3) is 0.118. The predicted molar refractivity (Wildman–Crippen MR) is 80.4 cm³/mol. The van der Waals surface area contributed by atoms with Gasteiger partial charge in [0.05, 0.1) is 0 Å². The van der Waals surface area contributed by atoms with E-state index in [9.17, 15) is 9.18 Å². The molecule has 0 aliphatic heterocycles. The minimum Gasteiger partial charge on any atom is -0.453 e. The van der Waals surface area contributed by atoms with E-state index in [0.717, 1.165) is 5.69 Å². The zero-order chi connectivity index (χ0) is 15.0. The summed E-state index contributed by atoms with van der Waals surface area (Å²) in [7, 11) is 3.87. The van der Waals surface area contributed by atoms with Gasteiger partial charge in [-0.1, -0.05) is 0 Å². The number of benzene rings is 2. The first kappa shape index (κ1) is 13.4. The van der Waals surface area contributed by atoms with Crippen LogP contribution in [0.3, 0.4) is 0 Å². The molecule has 3 nitrogen and oxygen atoms in total. The SMILES string of the molecule is CN(C)c1ccc(C(=O)c2cc3cc(F)ccc3o2)cc1. The molecule has 0 saturated carbocycles. The van der Waals surface area contributed by atoms with Gasteiger partial charge in [-0.2, -0.15) is 0 Å². The van der Waals surface area contributed by atoms with Crippen LogP contribution in [-0.4, -0.2) is 19.9 Å². The van der Waals surface area contributed by atoms with Gasteiger partial charge < -0.3 is 9.32 Å². The van der Waals surface area contributed by atoms with Gasteiger partial charge in [0.2, 0.25) is 5.78 Å². The highest BCUT2D eigenvalue weighted by atomic mass is 19.1. The van der Waals surface area contributed by atoms with Crippen molar-refractivity contribution < 1.29 is 13.6 Å². The number of carbonyl (C=O) groups excluding carboxylic acids is 1. The highest BCUT2D eigenvalue weighted by Gasteiger charge is 2.15. The van der Waals surface area contributed by atoms with Crippen LogP contribution in [-0.2, 0) is 0 Å². The smallest absolute Gasteiger partial charge is 0.228 e. The molecule has 1 aromatic heterocycles. The van der Waals surface area contributed by atoms with Crippen molar-refractivity contribution in [2.75, 3.05) is 19.0 Å². The largest absolute Gasteiger partial charge is 0.453 e. The number of hydrogen-bond donors (Lipinski definition) is 0. The molecule has 106 valence electrons. The maximum absolute atomic E-state index is 13.2. The second-order valence-electron chi connectivity index (χ2n) is 5.06. The van der Waals surface area contributed by atoms with Crippen LogP contribution in [0.15, 0.2) is 52.9 Å². The monoisotopic (exact) mass is 283 g/mol. The van der Waals surface area contributed by atoms with Gasteiger partial charge in [-0.05, 0) is 48.5 Å². The molecule has 0 N–H and O–H groups in total. The van der Waals surface area contributed by atoms with Crippen LogP contribution in [0.4, 0.5) is 10.1 Å².